The number of carbonyl (C=O) groups excluding carboxylic acids is 2. The Labute approximate surface area is 498 Å². The molecule has 0 spiro atoms. The minimum atomic E-state index is -0.722. The lowest BCUT2D eigenvalue weighted by atomic mass is 9.89. The Morgan fingerprint density at radius 2 is 0.953 bits per heavy atom. The van der Waals surface area contributed by atoms with Gasteiger partial charge in [0, 0.05) is 90.5 Å². The van der Waals surface area contributed by atoms with Crippen LogP contribution in [0.2, 0.25) is 0 Å². The Hall–Kier alpha value is -7.90. The summed E-state index contributed by atoms with van der Waals surface area (Å²) in [5, 5.41) is 32.1. The lowest BCUT2D eigenvalue weighted by Crippen LogP contribution is -2.53. The summed E-state index contributed by atoms with van der Waals surface area (Å²) in [6.45, 7) is 19.4. The lowest BCUT2D eigenvalue weighted by Gasteiger charge is -2.33. The molecule has 0 bridgehead atoms. The molecule has 2 unspecified atom stereocenters. The second-order valence-corrected chi connectivity index (χ2v) is 24.0. The van der Waals surface area contributed by atoms with Crippen LogP contribution in [0.15, 0.2) is 63.0 Å². The van der Waals surface area contributed by atoms with Gasteiger partial charge in [0.15, 0.2) is 0 Å². The summed E-state index contributed by atoms with van der Waals surface area (Å²) in [6.07, 6.45) is 9.14. The molecule has 5 aliphatic rings. The van der Waals surface area contributed by atoms with Gasteiger partial charge in [-0.2, -0.15) is 0 Å². The third-order valence-electron chi connectivity index (χ3n) is 17.4. The zero-order valence-corrected chi connectivity index (χ0v) is 51.6. The molecule has 20 heteroatoms. The van der Waals surface area contributed by atoms with Crippen LogP contribution < -0.4 is 64.2 Å². The Balaban J connectivity index is 0.992. The summed E-state index contributed by atoms with van der Waals surface area (Å²) in [5.41, 5.74) is -3.26. The van der Waals surface area contributed by atoms with Crippen molar-refractivity contribution < 1.29 is 29.3 Å². The number of amides is 2. The number of hydrogen-bond donors (Lipinski definition) is 4. The number of rotatable bonds is 26. The molecule has 2 aromatic heterocycles. The molecular formula is C66H84N8O12. The summed E-state index contributed by atoms with van der Waals surface area (Å²) in [5.74, 6) is -1.10. The van der Waals surface area contributed by atoms with Crippen molar-refractivity contribution >= 4 is 54.9 Å². The second kappa shape index (κ2) is 26.4. The van der Waals surface area contributed by atoms with Crippen LogP contribution in [-0.4, -0.2) is 77.7 Å². The molecule has 1 saturated carbocycles. The molecule has 4 atom stereocenters. The predicted molar refractivity (Wildman–Crippen MR) is 336 cm³/mol. The molecule has 2 aromatic carbocycles. The number of nitrogens with zero attached hydrogens (tertiary/aromatic N) is 6. The van der Waals surface area contributed by atoms with E-state index in [1.165, 1.54) is 21.3 Å². The fourth-order valence-electron chi connectivity index (χ4n) is 13.1. The van der Waals surface area contributed by atoms with E-state index >= 15 is 0 Å². The molecule has 4 aromatic rings. The smallest absolute Gasteiger partial charge is 0.265 e. The van der Waals surface area contributed by atoms with Crippen molar-refractivity contribution in [1.29, 1.82) is 0 Å². The largest absolute Gasteiger partial charge is 0.494 e. The van der Waals surface area contributed by atoms with Gasteiger partial charge in [-0.15, -0.1) is 0 Å². The summed E-state index contributed by atoms with van der Waals surface area (Å²) < 4.78 is 16.9. The molecule has 2 amide bonds. The maximum Gasteiger partial charge on any atom is 0.265 e. The van der Waals surface area contributed by atoms with Crippen LogP contribution in [-0.2, 0) is 35.8 Å². The average Bonchev–Trinajstić information content (AvgIpc) is 0.783. The Morgan fingerprint density at radius 1 is 0.535 bits per heavy atom. The van der Waals surface area contributed by atoms with Crippen LogP contribution >= 0.6 is 0 Å². The van der Waals surface area contributed by atoms with E-state index in [-0.39, 0.29) is 175 Å². The van der Waals surface area contributed by atoms with E-state index in [0.717, 1.165) is 73.3 Å². The van der Waals surface area contributed by atoms with Crippen molar-refractivity contribution in [2.75, 3.05) is 13.2 Å². The molecular weight excluding hydrogens is 1100 g/mol. The molecule has 86 heavy (non-hydrogen) atoms. The van der Waals surface area contributed by atoms with Gasteiger partial charge in [0.1, 0.15) is 11.5 Å². The summed E-state index contributed by atoms with van der Waals surface area (Å²) in [6, 6.07) is 4.50. The first-order valence-electron chi connectivity index (χ1n) is 31.3. The number of carbonyl (C=O) groups is 2. The quantitative estimate of drug-likeness (QED) is 0.0377. The molecule has 460 valence electrons. The van der Waals surface area contributed by atoms with Crippen molar-refractivity contribution in [3.8, 4) is 45.5 Å². The molecule has 1 fully saturated rings. The van der Waals surface area contributed by atoms with Crippen molar-refractivity contribution in [2.24, 2.45) is 21.8 Å². The normalized spacial score (nSPS) is 16.1. The standard InChI is InChI=1S/C66H84N8O12/c1-11-17-21-37(13-3)33-73-61(79)41-31-47(85-15-5)57-53-39(29-45(67-35(7)8)55(51(41)53)63(73)81)59(77)71(65(57)83)27-25-49(75)69-43-23-19-20-24-44(43)70-50(76)26-28-72-60(78)40-30-46(68-36(9)10)56-52-42(32-48(86-16-6)58(54(40)52)66(72)84)62(80)74(64(56)82)34-38(14-4)22-18-12-2/h29-32,35-38,43-44,79,82H,11-28,33-34H2,1-10H3,(H,69,75)(H,70,76)/t37?,38?,43-,44-/m0/s1. The van der Waals surface area contributed by atoms with Gasteiger partial charge in [0.05, 0.1) is 62.0 Å². The summed E-state index contributed by atoms with van der Waals surface area (Å²) in [7, 11) is 0. The topological polar surface area (TPSA) is 264 Å². The van der Waals surface area contributed by atoms with Crippen molar-refractivity contribution in [3.63, 3.8) is 0 Å². The van der Waals surface area contributed by atoms with E-state index in [0.29, 0.717) is 12.8 Å². The number of pyridine rings is 4. The van der Waals surface area contributed by atoms with Crippen LogP contribution in [0.1, 0.15) is 159 Å². The van der Waals surface area contributed by atoms with E-state index in [2.05, 4.69) is 38.3 Å². The highest BCUT2D eigenvalue weighted by atomic mass is 16.5. The van der Waals surface area contributed by atoms with Gasteiger partial charge in [-0.05, 0) is 103 Å². The van der Waals surface area contributed by atoms with Crippen molar-refractivity contribution in [1.82, 2.24) is 28.9 Å². The molecule has 9 rings (SSSR count). The number of ether oxygens (including phenoxy) is 2. The first kappa shape index (κ1) is 62.6. The summed E-state index contributed by atoms with van der Waals surface area (Å²) in [4.78, 5) is 126. The van der Waals surface area contributed by atoms with Crippen LogP contribution in [0.4, 0.5) is 0 Å². The molecule has 0 radical (unpaired) electrons. The summed E-state index contributed by atoms with van der Waals surface area (Å²) >= 11 is 0. The number of benzene rings is 4. The minimum absolute atomic E-state index is 0.0375. The third-order valence-corrected chi connectivity index (χ3v) is 17.4. The zero-order valence-electron chi connectivity index (χ0n) is 51.6. The number of aromatic hydroxyl groups is 2. The first-order chi connectivity index (χ1) is 41.2. The molecule has 20 nitrogen and oxygen atoms in total. The SMILES string of the molecule is CCCCC(CC)Cn1c(O)c2c(=NC(C)C)cc3c(=O)n(CCC(=O)N[C@H]4CCCC[C@@H]4NC(=O)CCn4c(=O)c5cc(=NC(C)C)c6c(=O)n(CC(CC)CCCC)c(O)c7cc(OCC)c(c-5c76)c4=O)c(=O)c4c(OCC)cc(c1=O)c2c4-3. The van der Waals surface area contributed by atoms with Crippen LogP contribution in [0, 0.1) is 11.8 Å². The molecule has 4 N–H and O–H groups in total. The number of nitrogens with one attached hydrogen (secondary N) is 2. The van der Waals surface area contributed by atoms with E-state index in [1.54, 1.807) is 26.0 Å². The molecule has 4 heterocycles. The highest BCUT2D eigenvalue weighted by molar-refractivity contribution is 6.18. The highest BCUT2D eigenvalue weighted by Gasteiger charge is 2.34. The van der Waals surface area contributed by atoms with Crippen LogP contribution in [0.25, 0.3) is 65.3 Å². The van der Waals surface area contributed by atoms with Gasteiger partial charge in [-0.25, -0.2) is 0 Å². The van der Waals surface area contributed by atoms with Crippen LogP contribution in [0.5, 0.6) is 23.3 Å². The average molecular weight is 1180 g/mol. The van der Waals surface area contributed by atoms with Gasteiger partial charge >= 0.3 is 0 Å². The Morgan fingerprint density at radius 3 is 1.38 bits per heavy atom. The molecule has 0 saturated heterocycles. The van der Waals surface area contributed by atoms with Crippen LogP contribution in [0.3, 0.4) is 0 Å². The monoisotopic (exact) mass is 1180 g/mol. The van der Waals surface area contributed by atoms with E-state index in [4.69, 9.17) is 19.5 Å². The van der Waals surface area contributed by atoms with Gasteiger partial charge in [0.2, 0.25) is 23.6 Å². The number of aromatic nitrogens is 4. The fourth-order valence-corrected chi connectivity index (χ4v) is 13.1. The van der Waals surface area contributed by atoms with Gasteiger partial charge in [0.25, 0.3) is 33.4 Å². The van der Waals surface area contributed by atoms with E-state index in [1.807, 2.05) is 27.7 Å². The highest BCUT2D eigenvalue weighted by Crippen LogP contribution is 2.43. The Kier molecular flexibility index (Phi) is 19.2. The first-order valence-corrected chi connectivity index (χ1v) is 31.3. The van der Waals surface area contributed by atoms with Gasteiger partial charge < -0.3 is 30.3 Å². The Bertz CT molecular complexity index is 4180. The fraction of sp³-hybridized carbons (Fsp3) is 0.545. The van der Waals surface area contributed by atoms with Crippen molar-refractivity contribution in [3.05, 3.63) is 97.1 Å². The maximum absolute atomic E-state index is 14.7. The zero-order chi connectivity index (χ0) is 62.0. The predicted octanol–water partition coefficient (Wildman–Crippen LogP) is 7.91. The lowest BCUT2D eigenvalue weighted by molar-refractivity contribution is -0.125. The van der Waals surface area contributed by atoms with E-state index < -0.39 is 57.3 Å². The van der Waals surface area contributed by atoms with Gasteiger partial charge in [-0.3, -0.25) is 66.6 Å². The second-order valence-electron chi connectivity index (χ2n) is 24.0. The third kappa shape index (κ3) is 11.8. The molecule has 3 aliphatic carbocycles. The van der Waals surface area contributed by atoms with E-state index in [9.17, 15) is 48.6 Å². The minimum Gasteiger partial charge on any atom is -0.494 e. The van der Waals surface area contributed by atoms with Crippen molar-refractivity contribution in [2.45, 2.75) is 209 Å². The molecule has 2 aliphatic heterocycles. The number of hydrogen-bond acceptors (Lipinski definition) is 14. The number of unbranched alkanes of at least 4 members (excludes halogenated alkanes) is 2. The van der Waals surface area contributed by atoms with Gasteiger partial charge in [-0.1, -0.05) is 79.1 Å². The maximum atomic E-state index is 14.7.